The minimum Gasteiger partial charge on any atom is -0.466 e. The lowest BCUT2D eigenvalue weighted by Crippen LogP contribution is -2.27. The lowest BCUT2D eigenvalue weighted by molar-refractivity contribution is -0.143. The highest BCUT2D eigenvalue weighted by molar-refractivity contribution is 5.95. The molecule has 5 heteroatoms. The molecule has 0 radical (unpaired) electrons. The van der Waals surface area contributed by atoms with Crippen LogP contribution in [0.15, 0.2) is 24.3 Å². The van der Waals surface area contributed by atoms with Crippen molar-refractivity contribution in [1.29, 1.82) is 5.26 Å². The van der Waals surface area contributed by atoms with Crippen molar-refractivity contribution in [3.05, 3.63) is 35.4 Å². The highest BCUT2D eigenvalue weighted by Crippen LogP contribution is 2.06. The molecule has 0 spiro atoms. The number of nitrogens with zero attached hydrogens (tertiary/aromatic N) is 1. The van der Waals surface area contributed by atoms with Gasteiger partial charge in [0.1, 0.15) is 0 Å². The first-order valence-corrected chi connectivity index (χ1v) is 6.51. The number of rotatable bonds is 7. The third kappa shape index (κ3) is 5.53. The molecule has 0 aliphatic heterocycles. The average molecular weight is 274 g/mol. The number of carbonyl (C=O) groups is 2. The number of amides is 1. The van der Waals surface area contributed by atoms with E-state index in [-0.39, 0.29) is 31.4 Å². The van der Waals surface area contributed by atoms with E-state index in [1.165, 1.54) is 0 Å². The van der Waals surface area contributed by atoms with Crippen molar-refractivity contribution in [3.63, 3.8) is 0 Å². The normalized spacial score (nSPS) is 9.60. The first kappa shape index (κ1) is 15.7. The predicted octanol–water partition coefficient (Wildman–Crippen LogP) is 1.96. The van der Waals surface area contributed by atoms with Crippen molar-refractivity contribution < 1.29 is 14.3 Å². The summed E-state index contributed by atoms with van der Waals surface area (Å²) in [6, 6.07) is 9.24. The summed E-state index contributed by atoms with van der Waals surface area (Å²) in [7, 11) is 0. The van der Waals surface area contributed by atoms with Gasteiger partial charge >= 0.3 is 5.97 Å². The highest BCUT2D eigenvalue weighted by Gasteiger charge is 2.09. The first-order chi connectivity index (χ1) is 9.65. The molecule has 0 unspecified atom stereocenters. The van der Waals surface area contributed by atoms with Crippen LogP contribution < -0.4 is 5.32 Å². The van der Waals surface area contributed by atoms with Crippen molar-refractivity contribution in [1.82, 2.24) is 5.32 Å². The van der Waals surface area contributed by atoms with E-state index in [1.54, 1.807) is 12.1 Å². The first-order valence-electron chi connectivity index (χ1n) is 6.51. The second-order valence-electron chi connectivity index (χ2n) is 4.30. The predicted molar refractivity (Wildman–Crippen MR) is 73.9 cm³/mol. The van der Waals surface area contributed by atoms with Gasteiger partial charge in [-0.15, -0.1) is 0 Å². The van der Waals surface area contributed by atoms with Crippen LogP contribution in [0.4, 0.5) is 0 Å². The molecule has 0 saturated carbocycles. The molecule has 5 nitrogen and oxygen atoms in total. The van der Waals surface area contributed by atoms with Crippen LogP contribution in [0.1, 0.15) is 35.2 Å². The summed E-state index contributed by atoms with van der Waals surface area (Å²) in [5.74, 6) is -0.562. The van der Waals surface area contributed by atoms with Crippen molar-refractivity contribution in [2.24, 2.45) is 0 Å². The summed E-state index contributed by atoms with van der Waals surface area (Å²) in [6.45, 7) is 2.35. The summed E-state index contributed by atoms with van der Waals surface area (Å²) in [5.41, 5.74) is 1.50. The summed E-state index contributed by atoms with van der Waals surface area (Å²) in [5, 5.41) is 11.0. The van der Waals surface area contributed by atoms with Gasteiger partial charge in [-0.25, -0.2) is 0 Å². The van der Waals surface area contributed by atoms with E-state index in [4.69, 9.17) is 10.00 Å². The lowest BCUT2D eigenvalue weighted by Gasteiger charge is -2.07. The van der Waals surface area contributed by atoms with Gasteiger partial charge in [0, 0.05) is 18.5 Å². The van der Waals surface area contributed by atoms with Crippen molar-refractivity contribution in [3.8, 4) is 6.07 Å². The number of benzene rings is 1. The monoisotopic (exact) mass is 274 g/mol. The minimum absolute atomic E-state index is 0.129. The van der Waals surface area contributed by atoms with E-state index in [1.807, 2.05) is 25.1 Å². The third-order valence-corrected chi connectivity index (χ3v) is 2.70. The van der Waals surface area contributed by atoms with E-state index in [0.717, 1.165) is 5.56 Å². The van der Waals surface area contributed by atoms with Gasteiger partial charge in [0.05, 0.1) is 19.1 Å². The Morgan fingerprint density at radius 2 is 2.10 bits per heavy atom. The van der Waals surface area contributed by atoms with Crippen LogP contribution in [-0.4, -0.2) is 25.0 Å². The van der Waals surface area contributed by atoms with Gasteiger partial charge in [-0.1, -0.05) is 18.2 Å². The number of hydrogen-bond donors (Lipinski definition) is 1. The van der Waals surface area contributed by atoms with Crippen molar-refractivity contribution in [2.45, 2.75) is 26.2 Å². The molecule has 0 aromatic heterocycles. The Labute approximate surface area is 118 Å². The summed E-state index contributed by atoms with van der Waals surface area (Å²) in [4.78, 5) is 23.2. The summed E-state index contributed by atoms with van der Waals surface area (Å²) in [6.07, 6.45) is 1.04. The molecule has 0 atom stereocenters. The molecule has 0 fully saturated rings. The molecular weight excluding hydrogens is 256 g/mol. The Balaban J connectivity index is 2.24. The van der Waals surface area contributed by atoms with E-state index in [0.29, 0.717) is 18.4 Å². The Kier molecular flexibility index (Phi) is 6.83. The van der Waals surface area contributed by atoms with Gasteiger partial charge in [0.25, 0.3) is 5.91 Å². The fraction of sp³-hybridized carbons (Fsp3) is 0.400. The number of nitrogens with one attached hydrogen (secondary N) is 1. The molecule has 1 aromatic rings. The molecule has 1 amide bonds. The van der Waals surface area contributed by atoms with Crippen LogP contribution in [-0.2, 0) is 9.53 Å². The molecule has 0 aliphatic carbocycles. The van der Waals surface area contributed by atoms with E-state index in [2.05, 4.69) is 5.32 Å². The van der Waals surface area contributed by atoms with Gasteiger partial charge in [0.2, 0.25) is 0 Å². The molecule has 1 aromatic carbocycles. The Morgan fingerprint density at radius 1 is 1.35 bits per heavy atom. The smallest absolute Gasteiger partial charge is 0.307 e. The van der Waals surface area contributed by atoms with Crippen LogP contribution in [0.5, 0.6) is 0 Å². The molecular formula is C15H18N2O3. The largest absolute Gasteiger partial charge is 0.466 e. The number of aryl methyl sites for hydroxylation is 1. The van der Waals surface area contributed by atoms with Crippen molar-refractivity contribution >= 4 is 11.9 Å². The maximum absolute atomic E-state index is 11.8. The Hall–Kier alpha value is -2.35. The molecule has 0 aliphatic rings. The number of unbranched alkanes of at least 4 members (excludes halogenated alkanes) is 1. The molecule has 1 rings (SSSR count). The van der Waals surface area contributed by atoms with E-state index < -0.39 is 0 Å². The summed E-state index contributed by atoms with van der Waals surface area (Å²) < 4.78 is 4.91. The van der Waals surface area contributed by atoms with Crippen LogP contribution >= 0.6 is 0 Å². The topological polar surface area (TPSA) is 79.2 Å². The van der Waals surface area contributed by atoms with Crippen LogP contribution in [0.3, 0.4) is 0 Å². The quantitative estimate of drug-likeness (QED) is 0.609. The van der Waals surface area contributed by atoms with Crippen LogP contribution in [0.2, 0.25) is 0 Å². The zero-order valence-corrected chi connectivity index (χ0v) is 11.5. The van der Waals surface area contributed by atoms with Gasteiger partial charge in [-0.3, -0.25) is 9.59 Å². The second kappa shape index (κ2) is 8.70. The lowest BCUT2D eigenvalue weighted by atomic mass is 10.1. The van der Waals surface area contributed by atoms with Crippen LogP contribution in [0, 0.1) is 18.3 Å². The molecule has 0 bridgehead atoms. The van der Waals surface area contributed by atoms with Gasteiger partial charge in [-0.2, -0.15) is 5.26 Å². The fourth-order valence-electron chi connectivity index (χ4n) is 1.61. The number of carbonyl (C=O) groups excluding carboxylic acids is 2. The number of hydrogen-bond acceptors (Lipinski definition) is 4. The van der Waals surface area contributed by atoms with Gasteiger partial charge in [0.15, 0.2) is 0 Å². The highest BCUT2D eigenvalue weighted by atomic mass is 16.5. The van der Waals surface area contributed by atoms with E-state index >= 15 is 0 Å². The summed E-state index contributed by atoms with van der Waals surface area (Å²) >= 11 is 0. The molecule has 20 heavy (non-hydrogen) atoms. The Bertz CT molecular complexity index is 506. The van der Waals surface area contributed by atoms with E-state index in [9.17, 15) is 9.59 Å². The number of esters is 1. The maximum Gasteiger partial charge on any atom is 0.307 e. The average Bonchev–Trinajstić information content (AvgIpc) is 2.44. The third-order valence-electron chi connectivity index (χ3n) is 2.70. The second-order valence-corrected chi connectivity index (χ2v) is 4.30. The zero-order chi connectivity index (χ0) is 14.8. The minimum atomic E-state index is -0.368. The zero-order valence-electron chi connectivity index (χ0n) is 11.5. The molecule has 1 N–H and O–H groups in total. The molecule has 106 valence electrons. The van der Waals surface area contributed by atoms with Gasteiger partial charge in [-0.05, 0) is 25.0 Å². The van der Waals surface area contributed by atoms with Crippen molar-refractivity contribution in [2.75, 3.05) is 13.2 Å². The fourth-order valence-corrected chi connectivity index (χ4v) is 1.61. The SMILES string of the molecule is Cc1ccccc1C(=O)NCCC(=O)OCCCC#N. The molecule has 0 heterocycles. The van der Waals surface area contributed by atoms with Gasteiger partial charge < -0.3 is 10.1 Å². The molecule has 0 saturated heterocycles. The Morgan fingerprint density at radius 3 is 2.80 bits per heavy atom. The van der Waals surface area contributed by atoms with Crippen LogP contribution in [0.25, 0.3) is 0 Å². The standard InChI is InChI=1S/C15H18N2O3/c1-12-6-2-3-7-13(12)15(19)17-10-8-14(18)20-11-5-4-9-16/h2-3,6-7H,4-5,8,10-11H2,1H3,(H,17,19). The number of ether oxygens (including phenoxy) is 1. The number of nitriles is 1. The maximum atomic E-state index is 11.8.